The van der Waals surface area contributed by atoms with Gasteiger partial charge in [-0.15, -0.1) is 0 Å². The van der Waals surface area contributed by atoms with Gasteiger partial charge in [-0.3, -0.25) is 0 Å². The van der Waals surface area contributed by atoms with E-state index in [0.29, 0.717) is 11.5 Å². The summed E-state index contributed by atoms with van der Waals surface area (Å²) in [6.45, 7) is -0.224. The summed E-state index contributed by atoms with van der Waals surface area (Å²) in [5.74, 6) is 1.07. The number of amides is 1. The van der Waals surface area contributed by atoms with E-state index in [1.54, 1.807) is 24.3 Å². The summed E-state index contributed by atoms with van der Waals surface area (Å²) in [6.07, 6.45) is -1.87. The minimum atomic E-state index is -5.14. The maximum Gasteiger partial charge on any atom is 1.00 e. The molecule has 0 radical (unpaired) electrons. The first kappa shape index (κ1) is 30.2. The molecule has 4 N–H and O–H groups in total. The molecular weight excluding hydrogens is 399 g/mol. The zero-order valence-electron chi connectivity index (χ0n) is 13.6. The Kier molecular flexibility index (Phi) is 20.9. The number of rotatable bonds is 6. The van der Waals surface area contributed by atoms with Crippen LogP contribution >= 0.6 is 7.82 Å². The predicted octanol–water partition coefficient (Wildman–Crippen LogP) is -7.65. The smallest absolute Gasteiger partial charge is 0.790 e. The molecule has 1 amide bonds. The predicted molar refractivity (Wildman–Crippen MR) is 69.9 cm³/mol. The molecule has 0 aliphatic rings. The van der Waals surface area contributed by atoms with E-state index in [2.05, 4.69) is 4.74 Å². The number of benzene rings is 1. The molecule has 1 unspecified atom stereocenters. The number of ether oxygens (including phenoxy) is 3. The van der Waals surface area contributed by atoms with E-state index in [1.807, 2.05) is 0 Å². The zero-order chi connectivity index (χ0) is 17.2. The van der Waals surface area contributed by atoms with Crippen molar-refractivity contribution in [3.8, 4) is 11.5 Å². The molecule has 24 heavy (non-hydrogen) atoms. The average molecular weight is 415 g/mol. The van der Waals surface area contributed by atoms with Gasteiger partial charge in [0, 0.05) is 0 Å². The number of aliphatic hydroxyl groups is 1. The number of carbonyl (C=O) groups is 1. The van der Waals surface area contributed by atoms with Gasteiger partial charge in [-0.2, -0.15) is 0 Å². The maximum atomic E-state index is 10.3. The van der Waals surface area contributed by atoms with Crippen LogP contribution in [0, 0.1) is 0 Å². The molecule has 0 saturated carbocycles. The van der Waals surface area contributed by atoms with E-state index < -0.39 is 20.0 Å². The standard InChI is InChI=1S/C11H15NO5.2K.H3O4P/c1-15-9-4-2-3-5-10(9)16-6-8(13)7-17-11(12)14;;;1-5(2,3)4/h2-5,8,13H,6-7H2,1H3,(H2,12,14);;;(H3,1,2,3,4)/q;2*+1;/p-2. The van der Waals surface area contributed by atoms with Crippen molar-refractivity contribution in [2.24, 2.45) is 5.73 Å². The van der Waals surface area contributed by atoms with Crippen molar-refractivity contribution < 1.29 is 146 Å². The monoisotopic (exact) mass is 415 g/mol. The molecule has 1 atom stereocenters. The van der Waals surface area contributed by atoms with E-state index in [1.165, 1.54) is 7.11 Å². The Balaban J connectivity index is -0.000000554. The molecule has 0 aromatic heterocycles. The summed E-state index contributed by atoms with van der Waals surface area (Å²) < 4.78 is 23.5. The van der Waals surface area contributed by atoms with Gasteiger partial charge in [0.1, 0.15) is 19.3 Å². The summed E-state index contributed by atoms with van der Waals surface area (Å²) in [5.41, 5.74) is 4.76. The number of para-hydroxylation sites is 2. The van der Waals surface area contributed by atoms with E-state index in [0.717, 1.165) is 0 Å². The number of phosphoric acid groups is 1. The van der Waals surface area contributed by atoms with Crippen LogP contribution in [0.1, 0.15) is 0 Å². The Labute approximate surface area is 224 Å². The molecule has 0 spiro atoms. The van der Waals surface area contributed by atoms with Gasteiger partial charge in [-0.05, 0) is 12.1 Å². The summed E-state index contributed by atoms with van der Waals surface area (Å²) in [5, 5.41) is 9.42. The number of hydrogen-bond acceptors (Lipinski definition) is 8. The van der Waals surface area contributed by atoms with Gasteiger partial charge in [-0.25, -0.2) is 4.79 Å². The third-order valence-electron chi connectivity index (χ3n) is 1.92. The topological polar surface area (TPSA) is 174 Å². The van der Waals surface area contributed by atoms with Gasteiger partial charge in [0.2, 0.25) is 0 Å². The Morgan fingerprint density at radius 3 is 2.12 bits per heavy atom. The van der Waals surface area contributed by atoms with Crippen LogP contribution in [-0.2, 0) is 9.30 Å². The number of aliphatic hydroxyl groups excluding tert-OH is 1. The van der Waals surface area contributed by atoms with Crippen LogP contribution in [0.3, 0.4) is 0 Å². The normalized spacial score (nSPS) is 10.7. The molecule has 0 saturated heterocycles. The van der Waals surface area contributed by atoms with Crippen LogP contribution in [0.15, 0.2) is 24.3 Å². The second kappa shape index (κ2) is 16.6. The fourth-order valence-corrected chi connectivity index (χ4v) is 1.15. The fourth-order valence-electron chi connectivity index (χ4n) is 1.15. The number of carbonyl (C=O) groups excluding carboxylic acids is 1. The molecular formula is C11H16K2NO9P. The van der Waals surface area contributed by atoms with E-state index in [4.69, 9.17) is 34.5 Å². The third kappa shape index (κ3) is 19.8. The van der Waals surface area contributed by atoms with Crippen molar-refractivity contribution in [3.63, 3.8) is 0 Å². The van der Waals surface area contributed by atoms with Gasteiger partial charge >= 0.3 is 109 Å². The van der Waals surface area contributed by atoms with Crippen LogP contribution in [0.5, 0.6) is 11.5 Å². The second-order valence-electron chi connectivity index (χ2n) is 3.71. The zero-order valence-corrected chi connectivity index (χ0v) is 20.7. The van der Waals surface area contributed by atoms with Gasteiger partial charge < -0.3 is 44.3 Å². The van der Waals surface area contributed by atoms with Crippen molar-refractivity contribution in [2.45, 2.75) is 6.10 Å². The Morgan fingerprint density at radius 1 is 1.25 bits per heavy atom. The van der Waals surface area contributed by atoms with Crippen LogP contribution in [0.25, 0.3) is 0 Å². The first-order valence-electron chi connectivity index (χ1n) is 5.74. The molecule has 0 fully saturated rings. The molecule has 10 nitrogen and oxygen atoms in total. The summed E-state index contributed by atoms with van der Waals surface area (Å²) >= 11 is 0. The second-order valence-corrected chi connectivity index (χ2v) is 4.65. The Morgan fingerprint density at radius 2 is 1.71 bits per heavy atom. The van der Waals surface area contributed by atoms with Crippen molar-refractivity contribution in [3.05, 3.63) is 24.3 Å². The van der Waals surface area contributed by atoms with Crippen LogP contribution in [0.2, 0.25) is 0 Å². The molecule has 1 aromatic carbocycles. The SMILES string of the molecule is COc1ccccc1OCC(O)COC(N)=O.O=P([O-])([O-])O.[K+].[K+]. The van der Waals surface area contributed by atoms with Gasteiger partial charge in [0.05, 0.1) is 14.9 Å². The molecule has 1 aromatic rings. The molecule has 0 bridgehead atoms. The quantitative estimate of drug-likeness (QED) is 0.301. The average Bonchev–Trinajstić information content (AvgIpc) is 2.41. The van der Waals surface area contributed by atoms with Gasteiger partial charge in [-0.1, -0.05) is 12.1 Å². The summed E-state index contributed by atoms with van der Waals surface area (Å²) in [7, 11) is -3.62. The minimum absolute atomic E-state index is 0. The fraction of sp³-hybridized carbons (Fsp3) is 0.364. The Hall–Kier alpha value is 1.43. The Bertz CT molecular complexity index is 506. The third-order valence-corrected chi connectivity index (χ3v) is 1.92. The molecule has 13 heteroatoms. The van der Waals surface area contributed by atoms with E-state index >= 15 is 0 Å². The largest absolute Gasteiger partial charge is 1.00 e. The van der Waals surface area contributed by atoms with E-state index in [-0.39, 0.29) is 116 Å². The summed E-state index contributed by atoms with van der Waals surface area (Å²) in [4.78, 5) is 34.6. The van der Waals surface area contributed by atoms with Crippen molar-refractivity contribution in [2.75, 3.05) is 20.3 Å². The maximum absolute atomic E-state index is 10.3. The minimum Gasteiger partial charge on any atom is -0.790 e. The van der Waals surface area contributed by atoms with Crippen LogP contribution in [0.4, 0.5) is 4.79 Å². The summed E-state index contributed by atoms with van der Waals surface area (Å²) in [6, 6.07) is 7.03. The number of hydrogen-bond donors (Lipinski definition) is 3. The first-order valence-corrected chi connectivity index (χ1v) is 7.24. The van der Waals surface area contributed by atoms with Crippen molar-refractivity contribution in [1.82, 2.24) is 0 Å². The molecule has 1 rings (SSSR count). The van der Waals surface area contributed by atoms with Crippen molar-refractivity contribution in [1.29, 1.82) is 0 Å². The van der Waals surface area contributed by atoms with Gasteiger partial charge in [0.25, 0.3) is 0 Å². The first-order chi connectivity index (χ1) is 10.1. The number of methoxy groups -OCH3 is 1. The van der Waals surface area contributed by atoms with E-state index in [9.17, 15) is 9.90 Å². The van der Waals surface area contributed by atoms with Crippen LogP contribution < -0.4 is 128 Å². The molecule has 126 valence electrons. The number of nitrogens with two attached hydrogens (primary N) is 1. The van der Waals surface area contributed by atoms with Gasteiger partial charge in [0.15, 0.2) is 11.5 Å². The number of primary amides is 1. The molecule has 0 aliphatic carbocycles. The van der Waals surface area contributed by atoms with Crippen molar-refractivity contribution >= 4 is 13.9 Å². The molecule has 0 aliphatic heterocycles. The van der Waals surface area contributed by atoms with Crippen LogP contribution in [-0.4, -0.2) is 42.5 Å². The molecule has 0 heterocycles.